The van der Waals surface area contributed by atoms with Crippen molar-refractivity contribution < 1.29 is 24.2 Å². The summed E-state index contributed by atoms with van der Waals surface area (Å²) in [6.07, 6.45) is 3.75. The van der Waals surface area contributed by atoms with Gasteiger partial charge in [-0.25, -0.2) is 0 Å². The van der Waals surface area contributed by atoms with Crippen LogP contribution in [0.15, 0.2) is 0 Å². The van der Waals surface area contributed by atoms with Gasteiger partial charge in [-0.05, 0) is 18.8 Å². The summed E-state index contributed by atoms with van der Waals surface area (Å²) in [4.78, 5) is 33.0. The fraction of sp³-hybridized carbons (Fsp3) is 0.800. The topological polar surface area (TPSA) is 105 Å². The van der Waals surface area contributed by atoms with Crippen LogP contribution < -0.4 is 10.6 Å². The first-order valence-corrected chi connectivity index (χ1v) is 7.69. The molecule has 0 spiro atoms. The van der Waals surface area contributed by atoms with Gasteiger partial charge in [-0.2, -0.15) is 0 Å². The molecule has 0 saturated carbocycles. The highest BCUT2D eigenvalue weighted by molar-refractivity contribution is 5.86. The lowest BCUT2D eigenvalue weighted by atomic mass is 10.0. The normalized spacial score (nSPS) is 11.7. The van der Waals surface area contributed by atoms with E-state index in [9.17, 15) is 14.4 Å². The predicted octanol–water partition coefficient (Wildman–Crippen LogP) is 0.927. The van der Waals surface area contributed by atoms with E-state index in [4.69, 9.17) is 9.84 Å². The second-order valence-corrected chi connectivity index (χ2v) is 5.40. The molecule has 0 aliphatic carbocycles. The van der Waals surface area contributed by atoms with E-state index in [2.05, 4.69) is 17.6 Å². The van der Waals surface area contributed by atoms with Gasteiger partial charge < -0.3 is 20.5 Å². The maximum Gasteiger partial charge on any atom is 0.303 e. The fourth-order valence-corrected chi connectivity index (χ4v) is 1.86. The van der Waals surface area contributed by atoms with Crippen molar-refractivity contribution in [2.75, 3.05) is 26.8 Å². The third-order valence-corrected chi connectivity index (χ3v) is 3.27. The molecule has 0 aromatic carbocycles. The molecule has 0 heterocycles. The van der Waals surface area contributed by atoms with Crippen molar-refractivity contribution in [2.24, 2.45) is 5.92 Å². The van der Waals surface area contributed by atoms with Crippen molar-refractivity contribution >= 4 is 17.8 Å². The molecule has 22 heavy (non-hydrogen) atoms. The predicted molar refractivity (Wildman–Crippen MR) is 82.4 cm³/mol. The maximum absolute atomic E-state index is 11.5. The Morgan fingerprint density at radius 2 is 1.77 bits per heavy atom. The zero-order valence-electron chi connectivity index (χ0n) is 13.5. The van der Waals surface area contributed by atoms with Crippen LogP contribution in [-0.2, 0) is 19.1 Å². The number of rotatable bonds is 13. The Bertz CT molecular complexity index is 347. The van der Waals surface area contributed by atoms with Crippen LogP contribution in [0.1, 0.15) is 45.4 Å². The van der Waals surface area contributed by atoms with Crippen molar-refractivity contribution in [3.05, 3.63) is 0 Å². The van der Waals surface area contributed by atoms with Crippen LogP contribution in [0.25, 0.3) is 0 Å². The Morgan fingerprint density at radius 1 is 1.05 bits per heavy atom. The maximum atomic E-state index is 11.5. The summed E-state index contributed by atoms with van der Waals surface area (Å²) in [6.45, 7) is 3.44. The SMILES string of the molecule is COCCC(C)CCCCNC(=O)CNC(=O)CCC(=O)O. The number of carbonyl (C=O) groups is 3. The number of ether oxygens (including phenoxy) is 1. The lowest BCUT2D eigenvalue weighted by Gasteiger charge is -2.10. The van der Waals surface area contributed by atoms with Gasteiger partial charge >= 0.3 is 5.97 Å². The van der Waals surface area contributed by atoms with Crippen molar-refractivity contribution in [3.63, 3.8) is 0 Å². The van der Waals surface area contributed by atoms with Gasteiger partial charge in [-0.15, -0.1) is 0 Å². The third-order valence-electron chi connectivity index (χ3n) is 3.27. The van der Waals surface area contributed by atoms with E-state index in [0.717, 1.165) is 32.3 Å². The van der Waals surface area contributed by atoms with E-state index in [1.165, 1.54) is 0 Å². The summed E-state index contributed by atoms with van der Waals surface area (Å²) in [5, 5.41) is 13.5. The first-order chi connectivity index (χ1) is 10.5. The number of hydrogen-bond donors (Lipinski definition) is 3. The molecule has 0 aromatic rings. The Kier molecular flexibility index (Phi) is 12.1. The molecule has 7 nitrogen and oxygen atoms in total. The quantitative estimate of drug-likeness (QED) is 0.438. The van der Waals surface area contributed by atoms with Crippen molar-refractivity contribution in [3.8, 4) is 0 Å². The average Bonchev–Trinajstić information content (AvgIpc) is 2.48. The standard InChI is InChI=1S/C15H28N2O5/c1-12(8-10-22-2)5-3-4-9-16-14(19)11-17-13(18)6-7-15(20)21/h12H,3-11H2,1-2H3,(H,16,19)(H,17,18)(H,20,21). The summed E-state index contributed by atoms with van der Waals surface area (Å²) >= 11 is 0. The van der Waals surface area contributed by atoms with E-state index in [0.29, 0.717) is 12.5 Å². The summed E-state index contributed by atoms with van der Waals surface area (Å²) in [6, 6.07) is 0. The van der Waals surface area contributed by atoms with Gasteiger partial charge in [0.25, 0.3) is 0 Å². The van der Waals surface area contributed by atoms with Gasteiger partial charge in [-0.3, -0.25) is 14.4 Å². The molecule has 7 heteroatoms. The highest BCUT2D eigenvalue weighted by Crippen LogP contribution is 2.11. The molecule has 0 aliphatic rings. The smallest absolute Gasteiger partial charge is 0.303 e. The monoisotopic (exact) mass is 316 g/mol. The molecule has 0 bridgehead atoms. The van der Waals surface area contributed by atoms with Gasteiger partial charge in [0.2, 0.25) is 11.8 Å². The molecule has 1 unspecified atom stereocenters. The first-order valence-electron chi connectivity index (χ1n) is 7.69. The number of nitrogens with one attached hydrogen (secondary N) is 2. The van der Waals surface area contributed by atoms with Crippen LogP contribution in [-0.4, -0.2) is 49.7 Å². The minimum atomic E-state index is -1.03. The van der Waals surface area contributed by atoms with Crippen molar-refractivity contribution in [1.29, 1.82) is 0 Å². The van der Waals surface area contributed by atoms with Crippen molar-refractivity contribution in [2.45, 2.75) is 45.4 Å². The van der Waals surface area contributed by atoms with Crippen molar-refractivity contribution in [1.82, 2.24) is 10.6 Å². The number of aliphatic carboxylic acids is 1. The molecule has 3 N–H and O–H groups in total. The minimum Gasteiger partial charge on any atom is -0.481 e. The van der Waals surface area contributed by atoms with E-state index in [-0.39, 0.29) is 25.3 Å². The highest BCUT2D eigenvalue weighted by Gasteiger charge is 2.07. The Labute approximate surface area is 131 Å². The van der Waals surface area contributed by atoms with E-state index in [1.807, 2.05) is 0 Å². The number of carboxylic acid groups (broad SMARTS) is 1. The zero-order valence-corrected chi connectivity index (χ0v) is 13.5. The summed E-state index contributed by atoms with van der Waals surface area (Å²) in [5.41, 5.74) is 0. The number of unbranched alkanes of at least 4 members (excludes halogenated alkanes) is 1. The van der Waals surface area contributed by atoms with Gasteiger partial charge in [-0.1, -0.05) is 19.8 Å². The third kappa shape index (κ3) is 13.4. The number of hydrogen-bond acceptors (Lipinski definition) is 4. The second kappa shape index (κ2) is 13.1. The summed E-state index contributed by atoms with van der Waals surface area (Å²) in [5.74, 6) is -1.09. The van der Waals surface area contributed by atoms with Gasteiger partial charge in [0.1, 0.15) is 0 Å². The molecule has 0 rings (SSSR count). The van der Waals surface area contributed by atoms with Crippen LogP contribution in [0.3, 0.4) is 0 Å². The molecular weight excluding hydrogens is 288 g/mol. The van der Waals surface area contributed by atoms with Crippen LogP contribution in [0.5, 0.6) is 0 Å². The Morgan fingerprint density at radius 3 is 2.41 bits per heavy atom. The fourth-order valence-electron chi connectivity index (χ4n) is 1.86. The lowest BCUT2D eigenvalue weighted by molar-refractivity contribution is -0.138. The van der Waals surface area contributed by atoms with Crippen LogP contribution in [0.4, 0.5) is 0 Å². The second-order valence-electron chi connectivity index (χ2n) is 5.40. The number of carboxylic acids is 1. The van der Waals surface area contributed by atoms with Crippen LogP contribution in [0, 0.1) is 5.92 Å². The molecule has 0 fully saturated rings. The van der Waals surface area contributed by atoms with E-state index >= 15 is 0 Å². The minimum absolute atomic E-state index is 0.108. The Hall–Kier alpha value is -1.63. The zero-order chi connectivity index (χ0) is 16.8. The average molecular weight is 316 g/mol. The molecule has 2 amide bonds. The van der Waals surface area contributed by atoms with Crippen LogP contribution in [0.2, 0.25) is 0 Å². The first kappa shape index (κ1) is 20.4. The van der Waals surface area contributed by atoms with E-state index < -0.39 is 11.9 Å². The van der Waals surface area contributed by atoms with Gasteiger partial charge in [0, 0.05) is 26.7 Å². The lowest BCUT2D eigenvalue weighted by Crippen LogP contribution is -2.37. The molecule has 0 radical (unpaired) electrons. The number of methoxy groups -OCH3 is 1. The molecular formula is C15H28N2O5. The number of amides is 2. The molecule has 0 aliphatic heterocycles. The Balaban J connectivity index is 3.50. The van der Waals surface area contributed by atoms with Gasteiger partial charge in [0.15, 0.2) is 0 Å². The van der Waals surface area contributed by atoms with E-state index in [1.54, 1.807) is 7.11 Å². The molecule has 0 saturated heterocycles. The van der Waals surface area contributed by atoms with Gasteiger partial charge in [0.05, 0.1) is 13.0 Å². The number of carbonyl (C=O) groups excluding carboxylic acids is 2. The molecule has 0 aromatic heterocycles. The summed E-state index contributed by atoms with van der Waals surface area (Å²) < 4.78 is 5.02. The van der Waals surface area contributed by atoms with Crippen LogP contribution >= 0.6 is 0 Å². The largest absolute Gasteiger partial charge is 0.481 e. The highest BCUT2D eigenvalue weighted by atomic mass is 16.5. The summed E-state index contributed by atoms with van der Waals surface area (Å²) in [7, 11) is 1.70. The molecule has 128 valence electrons. The molecule has 1 atom stereocenters.